The van der Waals surface area contributed by atoms with Gasteiger partial charge in [0.2, 0.25) is 5.91 Å². The van der Waals surface area contributed by atoms with E-state index < -0.39 is 10.0 Å². The van der Waals surface area contributed by atoms with E-state index in [0.717, 1.165) is 5.56 Å². The lowest BCUT2D eigenvalue weighted by molar-refractivity contribution is -0.114. The van der Waals surface area contributed by atoms with Gasteiger partial charge < -0.3 is 5.32 Å². The fourth-order valence-electron chi connectivity index (χ4n) is 2.21. The van der Waals surface area contributed by atoms with Crippen LogP contribution in [0.1, 0.15) is 6.92 Å². The van der Waals surface area contributed by atoms with E-state index in [1.165, 1.54) is 30.4 Å². The molecule has 1 amide bonds. The number of nitrogens with zero attached hydrogens (tertiary/aromatic N) is 1. The molecule has 0 bridgehead atoms. The minimum absolute atomic E-state index is 0.00178. The second-order valence-corrected chi connectivity index (χ2v) is 8.25. The zero-order valence-electron chi connectivity index (χ0n) is 13.6. The van der Waals surface area contributed by atoms with Gasteiger partial charge in [0.1, 0.15) is 4.90 Å². The Morgan fingerprint density at radius 2 is 1.81 bits per heavy atom. The summed E-state index contributed by atoms with van der Waals surface area (Å²) in [4.78, 5) is 15.4. The fraction of sp³-hybridized carbons (Fsp3) is 0.0588. The Balaban J connectivity index is 1.80. The van der Waals surface area contributed by atoms with Crippen molar-refractivity contribution >= 4 is 49.7 Å². The van der Waals surface area contributed by atoms with E-state index in [1.807, 2.05) is 0 Å². The third kappa shape index (κ3) is 4.21. The van der Waals surface area contributed by atoms with Gasteiger partial charge in [-0.1, -0.05) is 35.9 Å². The summed E-state index contributed by atoms with van der Waals surface area (Å²) in [6, 6.07) is 13.3. The summed E-state index contributed by atoms with van der Waals surface area (Å²) < 4.78 is 27.3. The van der Waals surface area contributed by atoms with E-state index in [-0.39, 0.29) is 21.0 Å². The molecular weight excluding hydrogens is 394 g/mol. The smallest absolute Gasteiger partial charge is 0.265 e. The molecule has 0 atom stereocenters. The fourth-order valence-corrected chi connectivity index (χ4v) is 4.71. The second kappa shape index (κ2) is 7.45. The molecule has 9 heteroatoms. The largest absolute Gasteiger partial charge is 0.326 e. The summed E-state index contributed by atoms with van der Waals surface area (Å²) in [6.45, 7) is 1.44. The number of nitrogens with one attached hydrogen (secondary N) is 2. The molecule has 0 saturated carbocycles. The van der Waals surface area contributed by atoms with Gasteiger partial charge in [0.05, 0.1) is 10.7 Å². The maximum atomic E-state index is 12.4. The number of sulfonamides is 1. The average molecular weight is 408 g/mol. The van der Waals surface area contributed by atoms with Crippen molar-refractivity contribution in [1.29, 1.82) is 0 Å². The maximum Gasteiger partial charge on any atom is 0.265 e. The van der Waals surface area contributed by atoms with Crippen molar-refractivity contribution in [2.24, 2.45) is 0 Å². The number of hydrogen-bond acceptors (Lipinski definition) is 5. The van der Waals surface area contributed by atoms with Crippen molar-refractivity contribution in [3.05, 3.63) is 58.9 Å². The van der Waals surface area contributed by atoms with Crippen LogP contribution in [0.15, 0.2) is 58.8 Å². The lowest BCUT2D eigenvalue weighted by atomic mass is 10.1. The molecular formula is C17H14ClN3O3S2. The van der Waals surface area contributed by atoms with E-state index in [2.05, 4.69) is 15.0 Å². The number of hydrogen-bond donors (Lipinski definition) is 2. The summed E-state index contributed by atoms with van der Waals surface area (Å²) in [5.74, 6) is -0.150. The first-order valence-corrected chi connectivity index (χ1v) is 10.2. The van der Waals surface area contributed by atoms with Crippen LogP contribution in [0.2, 0.25) is 5.02 Å². The van der Waals surface area contributed by atoms with Gasteiger partial charge in [-0.3, -0.25) is 9.52 Å². The van der Waals surface area contributed by atoms with Crippen molar-refractivity contribution in [3.8, 4) is 11.3 Å². The van der Waals surface area contributed by atoms with Crippen LogP contribution in [0, 0.1) is 0 Å². The summed E-state index contributed by atoms with van der Waals surface area (Å²) in [6.07, 6.45) is 0. The molecule has 2 aromatic carbocycles. The van der Waals surface area contributed by atoms with Crippen molar-refractivity contribution < 1.29 is 13.2 Å². The first kappa shape index (κ1) is 18.4. The molecule has 0 aliphatic rings. The molecule has 2 N–H and O–H groups in total. The molecule has 0 aliphatic heterocycles. The summed E-state index contributed by atoms with van der Waals surface area (Å²) in [5, 5.41) is 4.82. The van der Waals surface area contributed by atoms with Gasteiger partial charge in [0, 0.05) is 23.6 Å². The highest BCUT2D eigenvalue weighted by molar-refractivity contribution is 7.93. The van der Waals surface area contributed by atoms with Crippen LogP contribution < -0.4 is 10.0 Å². The molecule has 0 saturated heterocycles. The number of benzene rings is 2. The highest BCUT2D eigenvalue weighted by Crippen LogP contribution is 2.29. The first-order valence-electron chi connectivity index (χ1n) is 7.46. The van der Waals surface area contributed by atoms with Crippen molar-refractivity contribution in [3.63, 3.8) is 0 Å². The third-order valence-electron chi connectivity index (χ3n) is 3.35. The van der Waals surface area contributed by atoms with E-state index in [1.54, 1.807) is 41.8 Å². The molecule has 0 radical (unpaired) electrons. The highest BCUT2D eigenvalue weighted by Gasteiger charge is 2.19. The van der Waals surface area contributed by atoms with Crippen molar-refractivity contribution in [1.82, 2.24) is 4.98 Å². The number of thiazole rings is 1. The predicted molar refractivity (Wildman–Crippen MR) is 104 cm³/mol. The monoisotopic (exact) mass is 407 g/mol. The van der Waals surface area contributed by atoms with Gasteiger partial charge in [0.25, 0.3) is 10.0 Å². The molecule has 26 heavy (non-hydrogen) atoms. The SMILES string of the molecule is CC(=O)Nc1ccc(-c2csc(NS(=O)(=O)c3ccccc3Cl)n2)cc1. The van der Waals surface area contributed by atoms with Crippen molar-refractivity contribution in [2.75, 3.05) is 10.0 Å². The van der Waals surface area contributed by atoms with Gasteiger partial charge in [-0.15, -0.1) is 11.3 Å². The van der Waals surface area contributed by atoms with E-state index in [4.69, 9.17) is 11.6 Å². The van der Waals surface area contributed by atoms with Gasteiger partial charge in [-0.2, -0.15) is 0 Å². The quantitative estimate of drug-likeness (QED) is 0.662. The Morgan fingerprint density at radius 1 is 1.12 bits per heavy atom. The van der Waals surface area contributed by atoms with Crippen LogP contribution in [0.25, 0.3) is 11.3 Å². The first-order chi connectivity index (χ1) is 12.3. The molecule has 1 aromatic heterocycles. The topological polar surface area (TPSA) is 88.2 Å². The minimum Gasteiger partial charge on any atom is -0.326 e. The summed E-state index contributed by atoms with van der Waals surface area (Å²) >= 11 is 7.13. The number of anilines is 2. The Hall–Kier alpha value is -2.42. The van der Waals surface area contributed by atoms with Gasteiger partial charge >= 0.3 is 0 Å². The van der Waals surface area contributed by atoms with Gasteiger partial charge in [0.15, 0.2) is 5.13 Å². The molecule has 6 nitrogen and oxygen atoms in total. The minimum atomic E-state index is -3.81. The number of halogens is 1. The third-order valence-corrected chi connectivity index (χ3v) is 6.08. The van der Waals surface area contributed by atoms with E-state index in [9.17, 15) is 13.2 Å². The predicted octanol–water partition coefficient (Wildman–Crippen LogP) is 4.22. The number of amides is 1. The highest BCUT2D eigenvalue weighted by atomic mass is 35.5. The lowest BCUT2D eigenvalue weighted by Crippen LogP contribution is -2.13. The molecule has 0 unspecified atom stereocenters. The van der Waals surface area contributed by atoms with Crippen LogP contribution in [-0.4, -0.2) is 19.3 Å². The number of carbonyl (C=O) groups is 1. The number of carbonyl (C=O) groups excluding carboxylic acids is 1. The normalized spacial score (nSPS) is 11.2. The Labute approximate surface area is 159 Å². The number of rotatable bonds is 5. The molecule has 0 spiro atoms. The van der Waals surface area contributed by atoms with Crippen molar-refractivity contribution in [2.45, 2.75) is 11.8 Å². The number of aromatic nitrogens is 1. The molecule has 0 aliphatic carbocycles. The summed E-state index contributed by atoms with van der Waals surface area (Å²) in [7, 11) is -3.81. The van der Waals surface area contributed by atoms with Crippen LogP contribution in [-0.2, 0) is 14.8 Å². The average Bonchev–Trinajstić information content (AvgIpc) is 3.03. The van der Waals surface area contributed by atoms with Crippen LogP contribution in [0.5, 0.6) is 0 Å². The van der Waals surface area contributed by atoms with Crippen LogP contribution >= 0.6 is 22.9 Å². The molecule has 3 rings (SSSR count). The molecule has 3 aromatic rings. The standard InChI is InChI=1S/C17H14ClN3O3S2/c1-11(22)19-13-8-6-12(7-9-13)15-10-25-17(20-15)21-26(23,24)16-5-3-2-4-14(16)18/h2-10H,1H3,(H,19,22)(H,20,21). The molecule has 0 fully saturated rings. The van der Waals surface area contributed by atoms with Crippen LogP contribution in [0.4, 0.5) is 10.8 Å². The van der Waals surface area contributed by atoms with E-state index in [0.29, 0.717) is 11.4 Å². The van der Waals surface area contributed by atoms with Crippen LogP contribution in [0.3, 0.4) is 0 Å². The van der Waals surface area contributed by atoms with E-state index >= 15 is 0 Å². The zero-order valence-corrected chi connectivity index (χ0v) is 16.0. The zero-order chi connectivity index (χ0) is 18.7. The summed E-state index contributed by atoms with van der Waals surface area (Å²) in [5.41, 5.74) is 2.11. The Kier molecular flexibility index (Phi) is 5.26. The second-order valence-electron chi connectivity index (χ2n) is 5.33. The molecule has 1 heterocycles. The Bertz CT molecular complexity index is 1050. The van der Waals surface area contributed by atoms with Gasteiger partial charge in [-0.05, 0) is 24.3 Å². The maximum absolute atomic E-state index is 12.4. The van der Waals surface area contributed by atoms with Gasteiger partial charge in [-0.25, -0.2) is 13.4 Å². The Morgan fingerprint density at radius 3 is 2.46 bits per heavy atom. The lowest BCUT2D eigenvalue weighted by Gasteiger charge is -2.06. The molecule has 134 valence electrons.